The second-order valence-corrected chi connectivity index (χ2v) is 5.69. The van der Waals surface area contributed by atoms with Crippen molar-refractivity contribution < 1.29 is 24.2 Å². The van der Waals surface area contributed by atoms with Crippen LogP contribution in [0.4, 0.5) is 0 Å². The molecule has 1 aliphatic carbocycles. The average molecular weight is 308 g/mol. The molecule has 0 aliphatic heterocycles. The minimum absolute atomic E-state index is 0.0374. The zero-order valence-corrected chi connectivity index (χ0v) is 12.6. The van der Waals surface area contributed by atoms with E-state index in [1.807, 2.05) is 17.5 Å². The number of hydrogen-bond donors (Lipinski definition) is 1. The van der Waals surface area contributed by atoms with Crippen LogP contribution in [-0.4, -0.2) is 24.0 Å². The number of esters is 1. The van der Waals surface area contributed by atoms with Crippen LogP contribution in [0.25, 0.3) is 0 Å². The SMILES string of the molecule is COC(=O)/C(OC1=CC(=O)C[C@@H](c2cccs2)C1)=C(/C)O. The number of allylic oxidation sites excluding steroid dienone is 3. The van der Waals surface area contributed by atoms with Crippen molar-refractivity contribution >= 4 is 23.1 Å². The normalized spacial score (nSPS) is 19.6. The maximum atomic E-state index is 11.8. The van der Waals surface area contributed by atoms with Gasteiger partial charge in [0.15, 0.2) is 5.78 Å². The molecule has 0 spiro atoms. The molecule has 0 fully saturated rings. The number of aliphatic hydroxyl groups is 1. The average Bonchev–Trinajstić information content (AvgIpc) is 2.97. The number of ketones is 1. The van der Waals surface area contributed by atoms with Crippen molar-refractivity contribution in [1.29, 1.82) is 0 Å². The molecule has 1 aromatic rings. The van der Waals surface area contributed by atoms with Gasteiger partial charge in [0.2, 0.25) is 5.76 Å². The zero-order valence-electron chi connectivity index (χ0n) is 11.8. The van der Waals surface area contributed by atoms with E-state index in [0.29, 0.717) is 18.6 Å². The highest BCUT2D eigenvalue weighted by atomic mass is 32.1. The monoisotopic (exact) mass is 308 g/mol. The van der Waals surface area contributed by atoms with Crippen LogP contribution in [-0.2, 0) is 19.1 Å². The summed E-state index contributed by atoms with van der Waals surface area (Å²) in [6.07, 6.45) is 2.29. The third-order valence-corrected chi connectivity index (χ3v) is 4.13. The lowest BCUT2D eigenvalue weighted by Gasteiger charge is -2.21. The molecule has 0 unspecified atom stereocenters. The summed E-state index contributed by atoms with van der Waals surface area (Å²) in [6.45, 7) is 1.33. The van der Waals surface area contributed by atoms with E-state index < -0.39 is 5.97 Å². The van der Waals surface area contributed by atoms with Crippen LogP contribution in [0.15, 0.2) is 40.9 Å². The predicted octanol–water partition coefficient (Wildman–Crippen LogP) is 3.06. The fourth-order valence-corrected chi connectivity index (χ4v) is 2.97. The minimum atomic E-state index is -0.776. The Morgan fingerprint density at radius 3 is 2.76 bits per heavy atom. The Morgan fingerprint density at radius 1 is 1.43 bits per heavy atom. The third-order valence-electron chi connectivity index (χ3n) is 3.10. The van der Waals surface area contributed by atoms with Gasteiger partial charge in [-0.25, -0.2) is 4.79 Å². The Hall–Kier alpha value is -2.08. The van der Waals surface area contributed by atoms with Gasteiger partial charge in [0.25, 0.3) is 0 Å². The fraction of sp³-hybridized carbons (Fsp3) is 0.333. The first-order chi connectivity index (χ1) is 10.0. The van der Waals surface area contributed by atoms with Crippen molar-refractivity contribution in [2.24, 2.45) is 0 Å². The molecule has 5 nitrogen and oxygen atoms in total. The van der Waals surface area contributed by atoms with Crippen LogP contribution in [0.1, 0.15) is 30.6 Å². The Balaban J connectivity index is 2.18. The van der Waals surface area contributed by atoms with Gasteiger partial charge in [-0.2, -0.15) is 0 Å². The molecular weight excluding hydrogens is 292 g/mol. The van der Waals surface area contributed by atoms with E-state index in [2.05, 4.69) is 4.74 Å². The Kier molecular flexibility index (Phi) is 4.80. The Labute approximate surface area is 126 Å². The quantitative estimate of drug-likeness (QED) is 0.526. The number of carbonyl (C=O) groups excluding carboxylic acids is 2. The second kappa shape index (κ2) is 6.58. The van der Waals surface area contributed by atoms with E-state index in [9.17, 15) is 14.7 Å². The standard InChI is InChI=1S/C15H16O5S/c1-9(16)14(15(18)19-2)20-12-7-10(6-11(17)8-12)13-4-3-5-21-13/h3-5,8,10,16H,6-7H2,1-2H3/b14-9+/t10-/m1/s1. The van der Waals surface area contributed by atoms with Crippen molar-refractivity contribution in [1.82, 2.24) is 0 Å². The Morgan fingerprint density at radius 2 is 2.19 bits per heavy atom. The van der Waals surface area contributed by atoms with E-state index in [1.165, 1.54) is 20.1 Å². The van der Waals surface area contributed by atoms with Gasteiger partial charge >= 0.3 is 5.97 Å². The predicted molar refractivity (Wildman–Crippen MR) is 77.8 cm³/mol. The first-order valence-electron chi connectivity index (χ1n) is 6.44. The van der Waals surface area contributed by atoms with Crippen LogP contribution in [0.3, 0.4) is 0 Å². The molecule has 0 saturated carbocycles. The van der Waals surface area contributed by atoms with Crippen molar-refractivity contribution in [3.8, 4) is 0 Å². The Bertz CT molecular complexity index is 594. The molecule has 1 N–H and O–H groups in total. The van der Waals surface area contributed by atoms with E-state index in [4.69, 9.17) is 4.74 Å². The first kappa shape index (κ1) is 15.3. The molecule has 0 aromatic carbocycles. The summed E-state index contributed by atoms with van der Waals surface area (Å²) < 4.78 is 9.95. The largest absolute Gasteiger partial charge is 0.508 e. The molecule has 1 aliphatic rings. The van der Waals surface area contributed by atoms with Crippen LogP contribution >= 0.6 is 11.3 Å². The highest BCUT2D eigenvalue weighted by Gasteiger charge is 2.26. The van der Waals surface area contributed by atoms with Crippen LogP contribution in [0.5, 0.6) is 0 Å². The molecule has 0 bridgehead atoms. The lowest BCUT2D eigenvalue weighted by atomic mass is 9.91. The first-order valence-corrected chi connectivity index (χ1v) is 7.32. The number of hydrogen-bond acceptors (Lipinski definition) is 6. The minimum Gasteiger partial charge on any atom is -0.508 e. The molecule has 2 rings (SSSR count). The molecule has 0 saturated heterocycles. The van der Waals surface area contributed by atoms with Crippen LogP contribution in [0, 0.1) is 0 Å². The van der Waals surface area contributed by atoms with Crippen LogP contribution in [0.2, 0.25) is 0 Å². The summed E-state index contributed by atoms with van der Waals surface area (Å²) in [6, 6.07) is 3.90. The lowest BCUT2D eigenvalue weighted by Crippen LogP contribution is -2.16. The van der Waals surface area contributed by atoms with Gasteiger partial charge in [-0.05, 0) is 18.4 Å². The summed E-state index contributed by atoms with van der Waals surface area (Å²) in [7, 11) is 1.20. The van der Waals surface area contributed by atoms with Gasteiger partial charge in [-0.1, -0.05) is 6.07 Å². The topological polar surface area (TPSA) is 72.8 Å². The summed E-state index contributed by atoms with van der Waals surface area (Å²) in [5.41, 5.74) is 0. The summed E-state index contributed by atoms with van der Waals surface area (Å²) >= 11 is 1.58. The number of ether oxygens (including phenoxy) is 2. The number of carbonyl (C=O) groups is 2. The van der Waals surface area contributed by atoms with Crippen molar-refractivity contribution in [2.45, 2.75) is 25.7 Å². The molecule has 0 radical (unpaired) electrons. The number of methoxy groups -OCH3 is 1. The van der Waals surface area contributed by atoms with Gasteiger partial charge < -0.3 is 14.6 Å². The molecule has 112 valence electrons. The number of thiophene rings is 1. The molecule has 21 heavy (non-hydrogen) atoms. The summed E-state index contributed by atoms with van der Waals surface area (Å²) in [5, 5.41) is 11.5. The van der Waals surface area contributed by atoms with E-state index in [-0.39, 0.29) is 23.2 Å². The van der Waals surface area contributed by atoms with Gasteiger partial charge in [0, 0.05) is 29.7 Å². The molecule has 6 heteroatoms. The number of rotatable bonds is 4. The van der Waals surface area contributed by atoms with E-state index in [0.717, 1.165) is 4.88 Å². The second-order valence-electron chi connectivity index (χ2n) is 4.71. The molecular formula is C15H16O5S. The lowest BCUT2D eigenvalue weighted by molar-refractivity contribution is -0.140. The van der Waals surface area contributed by atoms with Gasteiger partial charge in [-0.15, -0.1) is 11.3 Å². The van der Waals surface area contributed by atoms with Crippen molar-refractivity contribution in [3.63, 3.8) is 0 Å². The van der Waals surface area contributed by atoms with Gasteiger partial charge in [-0.3, -0.25) is 4.79 Å². The van der Waals surface area contributed by atoms with Crippen molar-refractivity contribution in [2.75, 3.05) is 7.11 Å². The molecule has 1 atom stereocenters. The van der Waals surface area contributed by atoms with E-state index in [1.54, 1.807) is 11.3 Å². The maximum Gasteiger partial charge on any atom is 0.377 e. The molecule has 1 aromatic heterocycles. The highest BCUT2D eigenvalue weighted by Crippen LogP contribution is 2.35. The van der Waals surface area contributed by atoms with Crippen LogP contribution < -0.4 is 0 Å². The zero-order chi connectivity index (χ0) is 15.4. The van der Waals surface area contributed by atoms with Gasteiger partial charge in [0.1, 0.15) is 11.5 Å². The maximum absolute atomic E-state index is 11.8. The van der Waals surface area contributed by atoms with Gasteiger partial charge in [0.05, 0.1) is 7.11 Å². The van der Waals surface area contributed by atoms with E-state index >= 15 is 0 Å². The fourth-order valence-electron chi connectivity index (χ4n) is 2.14. The number of aliphatic hydroxyl groups excluding tert-OH is 1. The van der Waals surface area contributed by atoms with Crippen molar-refractivity contribution in [3.05, 3.63) is 45.7 Å². The highest BCUT2D eigenvalue weighted by molar-refractivity contribution is 7.10. The summed E-state index contributed by atoms with van der Waals surface area (Å²) in [5.74, 6) is -1.01. The smallest absolute Gasteiger partial charge is 0.377 e. The molecule has 0 amide bonds. The third kappa shape index (κ3) is 3.72. The molecule has 1 heterocycles. The summed E-state index contributed by atoms with van der Waals surface area (Å²) in [4.78, 5) is 24.5.